The van der Waals surface area contributed by atoms with Crippen molar-refractivity contribution in [2.45, 2.75) is 27.2 Å². The SMILES string of the molecule is CCC(=O)NC(=S)Nc1ccc(NC(=O)COc2cc(C)c(Cl)c(C)c2)cc1. The zero-order chi connectivity index (χ0) is 20.7. The number of anilines is 2. The number of nitrogens with one attached hydrogen (secondary N) is 3. The van der Waals surface area contributed by atoms with Gasteiger partial charge in [-0.25, -0.2) is 0 Å². The first-order valence-corrected chi connectivity index (χ1v) is 9.47. The van der Waals surface area contributed by atoms with Gasteiger partial charge in [0, 0.05) is 22.8 Å². The zero-order valence-corrected chi connectivity index (χ0v) is 17.5. The van der Waals surface area contributed by atoms with E-state index in [1.165, 1.54) is 0 Å². The quantitative estimate of drug-likeness (QED) is 0.611. The smallest absolute Gasteiger partial charge is 0.262 e. The van der Waals surface area contributed by atoms with Gasteiger partial charge >= 0.3 is 0 Å². The lowest BCUT2D eigenvalue weighted by molar-refractivity contribution is -0.119. The molecule has 148 valence electrons. The van der Waals surface area contributed by atoms with Crippen molar-refractivity contribution in [2.24, 2.45) is 0 Å². The number of thiocarbonyl (C=S) groups is 1. The van der Waals surface area contributed by atoms with Crippen molar-refractivity contribution < 1.29 is 14.3 Å². The highest BCUT2D eigenvalue weighted by Crippen LogP contribution is 2.25. The minimum atomic E-state index is -0.281. The molecule has 2 aromatic carbocycles. The fourth-order valence-electron chi connectivity index (χ4n) is 2.35. The summed E-state index contributed by atoms with van der Waals surface area (Å²) in [6, 6.07) is 10.5. The Morgan fingerprint density at radius 1 is 1.00 bits per heavy atom. The molecule has 6 nitrogen and oxygen atoms in total. The Morgan fingerprint density at radius 3 is 2.07 bits per heavy atom. The maximum atomic E-state index is 12.1. The lowest BCUT2D eigenvalue weighted by Gasteiger charge is -2.11. The fraction of sp³-hybridized carbons (Fsp3) is 0.250. The number of hydrogen-bond donors (Lipinski definition) is 3. The van der Waals surface area contributed by atoms with E-state index in [0.29, 0.717) is 28.6 Å². The molecule has 0 fully saturated rings. The molecule has 0 aliphatic heterocycles. The van der Waals surface area contributed by atoms with Crippen LogP contribution in [0.4, 0.5) is 11.4 Å². The first-order chi connectivity index (χ1) is 13.3. The maximum Gasteiger partial charge on any atom is 0.262 e. The summed E-state index contributed by atoms with van der Waals surface area (Å²) in [6.45, 7) is 5.40. The highest BCUT2D eigenvalue weighted by atomic mass is 35.5. The Morgan fingerprint density at radius 2 is 1.54 bits per heavy atom. The van der Waals surface area contributed by atoms with Crippen molar-refractivity contribution in [1.82, 2.24) is 5.32 Å². The van der Waals surface area contributed by atoms with Crippen molar-refractivity contribution >= 4 is 52.1 Å². The van der Waals surface area contributed by atoms with Gasteiger partial charge < -0.3 is 20.7 Å². The molecule has 2 rings (SSSR count). The molecule has 0 spiro atoms. The molecule has 0 atom stereocenters. The molecule has 0 unspecified atom stereocenters. The van der Waals surface area contributed by atoms with Crippen LogP contribution < -0.4 is 20.7 Å². The molecule has 0 aliphatic rings. The molecular formula is C20H22ClN3O3S. The Labute approximate surface area is 174 Å². The Hall–Kier alpha value is -2.64. The maximum absolute atomic E-state index is 12.1. The summed E-state index contributed by atoms with van der Waals surface area (Å²) < 4.78 is 5.54. The molecule has 0 radical (unpaired) electrons. The molecule has 0 saturated heterocycles. The van der Waals surface area contributed by atoms with Crippen LogP contribution >= 0.6 is 23.8 Å². The molecule has 8 heteroatoms. The van der Waals surface area contributed by atoms with Gasteiger partial charge in [0.2, 0.25) is 5.91 Å². The largest absolute Gasteiger partial charge is 0.484 e. The van der Waals surface area contributed by atoms with Gasteiger partial charge in [-0.15, -0.1) is 0 Å². The number of benzene rings is 2. The summed E-state index contributed by atoms with van der Waals surface area (Å²) in [7, 11) is 0. The molecule has 0 saturated carbocycles. The number of hydrogen-bond acceptors (Lipinski definition) is 4. The molecule has 2 aromatic rings. The van der Waals surface area contributed by atoms with Gasteiger partial charge in [0.05, 0.1) is 0 Å². The van der Waals surface area contributed by atoms with Gasteiger partial charge in [0.15, 0.2) is 11.7 Å². The second kappa shape index (κ2) is 10.1. The van der Waals surface area contributed by atoms with Gasteiger partial charge in [-0.1, -0.05) is 18.5 Å². The average molecular weight is 420 g/mol. The van der Waals surface area contributed by atoms with E-state index in [1.807, 2.05) is 13.8 Å². The third kappa shape index (κ3) is 6.51. The molecule has 0 aliphatic carbocycles. The molecule has 2 amide bonds. The number of carbonyl (C=O) groups is 2. The summed E-state index contributed by atoms with van der Waals surface area (Å²) in [4.78, 5) is 23.4. The lowest BCUT2D eigenvalue weighted by Crippen LogP contribution is -2.33. The standard InChI is InChI=1S/C20H22ClN3O3S/c1-4-17(25)24-20(28)23-15-7-5-14(6-8-15)22-18(26)11-27-16-9-12(2)19(21)13(3)10-16/h5-10H,4,11H2,1-3H3,(H,22,26)(H2,23,24,25,28). The van der Waals surface area contributed by atoms with E-state index in [4.69, 9.17) is 28.6 Å². The first-order valence-electron chi connectivity index (χ1n) is 8.68. The fourth-order valence-corrected chi connectivity index (χ4v) is 2.69. The van der Waals surface area contributed by atoms with Gasteiger partial charge in [-0.3, -0.25) is 9.59 Å². The van der Waals surface area contributed by atoms with Gasteiger partial charge in [-0.05, 0) is 73.6 Å². The van der Waals surface area contributed by atoms with Crippen molar-refractivity contribution in [3.63, 3.8) is 0 Å². The van der Waals surface area contributed by atoms with E-state index in [0.717, 1.165) is 11.1 Å². The number of amides is 2. The molecule has 3 N–H and O–H groups in total. The number of ether oxygens (including phenoxy) is 1. The monoisotopic (exact) mass is 419 g/mol. The number of halogens is 1. The summed E-state index contributed by atoms with van der Waals surface area (Å²) in [5.74, 6) is 0.154. The predicted octanol–water partition coefficient (Wildman–Crippen LogP) is 4.20. The number of aryl methyl sites for hydroxylation is 2. The summed E-state index contributed by atoms with van der Waals surface area (Å²) >= 11 is 11.2. The van der Waals surface area contributed by atoms with E-state index in [2.05, 4.69) is 16.0 Å². The van der Waals surface area contributed by atoms with Crippen LogP contribution in [0.5, 0.6) is 5.75 Å². The predicted molar refractivity (Wildman–Crippen MR) is 116 cm³/mol. The van der Waals surface area contributed by atoms with Gasteiger partial charge in [0.25, 0.3) is 5.91 Å². The molecule has 0 bridgehead atoms. The van der Waals surface area contributed by atoms with E-state index < -0.39 is 0 Å². The van der Waals surface area contributed by atoms with Crippen LogP contribution in [0.3, 0.4) is 0 Å². The van der Waals surface area contributed by atoms with Gasteiger partial charge in [-0.2, -0.15) is 0 Å². The zero-order valence-electron chi connectivity index (χ0n) is 15.9. The molecule has 0 heterocycles. The highest BCUT2D eigenvalue weighted by molar-refractivity contribution is 7.80. The van der Waals surface area contributed by atoms with Gasteiger partial charge in [0.1, 0.15) is 5.75 Å². The Bertz CT molecular complexity index is 862. The Balaban J connectivity index is 1.85. The van der Waals surface area contributed by atoms with E-state index in [1.54, 1.807) is 43.3 Å². The van der Waals surface area contributed by atoms with E-state index in [-0.39, 0.29) is 23.5 Å². The molecule has 0 aromatic heterocycles. The number of rotatable bonds is 6. The van der Waals surface area contributed by atoms with Crippen LogP contribution in [-0.4, -0.2) is 23.5 Å². The molecular weight excluding hydrogens is 398 g/mol. The normalized spacial score (nSPS) is 10.1. The summed E-state index contributed by atoms with van der Waals surface area (Å²) in [6.07, 6.45) is 0.351. The summed E-state index contributed by atoms with van der Waals surface area (Å²) in [5.41, 5.74) is 3.11. The van der Waals surface area contributed by atoms with Crippen LogP contribution in [0.15, 0.2) is 36.4 Å². The second-order valence-corrected chi connectivity index (χ2v) is 6.93. The van der Waals surface area contributed by atoms with Crippen LogP contribution in [0.2, 0.25) is 5.02 Å². The van der Waals surface area contributed by atoms with Crippen LogP contribution in [0, 0.1) is 13.8 Å². The van der Waals surface area contributed by atoms with E-state index in [9.17, 15) is 9.59 Å². The van der Waals surface area contributed by atoms with Crippen molar-refractivity contribution in [3.8, 4) is 5.75 Å². The number of carbonyl (C=O) groups excluding carboxylic acids is 2. The first kappa shape index (κ1) is 21.7. The molecule has 28 heavy (non-hydrogen) atoms. The van der Waals surface area contributed by atoms with Crippen molar-refractivity contribution in [2.75, 3.05) is 17.2 Å². The summed E-state index contributed by atoms with van der Waals surface area (Å²) in [5, 5.41) is 9.13. The topological polar surface area (TPSA) is 79.5 Å². The highest BCUT2D eigenvalue weighted by Gasteiger charge is 2.08. The van der Waals surface area contributed by atoms with Crippen molar-refractivity contribution in [1.29, 1.82) is 0 Å². The lowest BCUT2D eigenvalue weighted by atomic mass is 10.1. The van der Waals surface area contributed by atoms with E-state index >= 15 is 0 Å². The third-order valence-electron chi connectivity index (χ3n) is 3.78. The minimum Gasteiger partial charge on any atom is -0.484 e. The average Bonchev–Trinajstić information content (AvgIpc) is 2.65. The van der Waals surface area contributed by atoms with Crippen molar-refractivity contribution in [3.05, 3.63) is 52.5 Å². The van der Waals surface area contributed by atoms with Crippen LogP contribution in [0.25, 0.3) is 0 Å². The minimum absolute atomic E-state index is 0.117. The third-order valence-corrected chi connectivity index (χ3v) is 4.58. The van der Waals surface area contributed by atoms with Crippen LogP contribution in [-0.2, 0) is 9.59 Å². The van der Waals surface area contributed by atoms with Crippen LogP contribution in [0.1, 0.15) is 24.5 Å². The second-order valence-electron chi connectivity index (χ2n) is 6.14. The Kier molecular flexibility index (Phi) is 7.78.